The summed E-state index contributed by atoms with van der Waals surface area (Å²) in [7, 11) is 0. The Bertz CT molecular complexity index is 809. The van der Waals surface area contributed by atoms with E-state index in [1.807, 2.05) is 30.3 Å². The molecule has 0 bridgehead atoms. The number of hydrogen-bond donors (Lipinski definition) is 1. The molecule has 1 heterocycles. The minimum Gasteiger partial charge on any atom is -0.483 e. The fourth-order valence-electron chi connectivity index (χ4n) is 2.37. The lowest BCUT2D eigenvalue weighted by Crippen LogP contribution is -2.20. The van der Waals surface area contributed by atoms with Crippen molar-refractivity contribution in [3.63, 3.8) is 0 Å². The Morgan fingerprint density at radius 2 is 1.96 bits per heavy atom. The Labute approximate surface area is 133 Å². The Morgan fingerprint density at radius 1 is 1.22 bits per heavy atom. The van der Waals surface area contributed by atoms with E-state index in [1.54, 1.807) is 25.1 Å². The van der Waals surface area contributed by atoms with Gasteiger partial charge in [0.25, 0.3) is 5.91 Å². The second-order valence-electron chi connectivity index (χ2n) is 5.17. The summed E-state index contributed by atoms with van der Waals surface area (Å²) in [5.41, 5.74) is 7.10. The van der Waals surface area contributed by atoms with Crippen molar-refractivity contribution in [1.82, 2.24) is 0 Å². The van der Waals surface area contributed by atoms with Gasteiger partial charge in [0, 0.05) is 5.56 Å². The van der Waals surface area contributed by atoms with E-state index in [2.05, 4.69) is 0 Å². The average molecular weight is 309 g/mol. The summed E-state index contributed by atoms with van der Waals surface area (Å²) < 4.78 is 11.0. The lowest BCUT2D eigenvalue weighted by Gasteiger charge is -2.09. The summed E-state index contributed by atoms with van der Waals surface area (Å²) in [5, 5.41) is 0. The summed E-state index contributed by atoms with van der Waals surface area (Å²) >= 11 is 0. The van der Waals surface area contributed by atoms with Crippen molar-refractivity contribution in [2.75, 3.05) is 6.61 Å². The minimum atomic E-state index is -0.563. The fourth-order valence-corrected chi connectivity index (χ4v) is 2.37. The van der Waals surface area contributed by atoms with Gasteiger partial charge in [-0.25, -0.2) is 0 Å². The van der Waals surface area contributed by atoms with Gasteiger partial charge in [0.1, 0.15) is 11.5 Å². The van der Waals surface area contributed by atoms with E-state index < -0.39 is 5.91 Å². The van der Waals surface area contributed by atoms with E-state index in [0.29, 0.717) is 22.6 Å². The van der Waals surface area contributed by atoms with E-state index in [9.17, 15) is 9.59 Å². The molecule has 0 saturated carbocycles. The van der Waals surface area contributed by atoms with Crippen molar-refractivity contribution < 1.29 is 19.1 Å². The summed E-state index contributed by atoms with van der Waals surface area (Å²) in [6, 6.07) is 12.7. The first kappa shape index (κ1) is 14.8. The van der Waals surface area contributed by atoms with E-state index in [0.717, 1.165) is 5.56 Å². The first-order chi connectivity index (χ1) is 11.1. The number of fused-ring (bicyclic) bond motifs is 1. The topological polar surface area (TPSA) is 78.6 Å². The van der Waals surface area contributed by atoms with Gasteiger partial charge < -0.3 is 15.2 Å². The van der Waals surface area contributed by atoms with Crippen molar-refractivity contribution in [2.24, 2.45) is 5.73 Å². The molecule has 5 heteroatoms. The number of amides is 1. The molecule has 0 saturated heterocycles. The van der Waals surface area contributed by atoms with Crippen molar-refractivity contribution in [1.29, 1.82) is 0 Å². The van der Waals surface area contributed by atoms with E-state index in [1.165, 1.54) is 0 Å². The van der Waals surface area contributed by atoms with Gasteiger partial charge in [-0.05, 0) is 30.7 Å². The first-order valence-corrected chi connectivity index (χ1v) is 7.10. The van der Waals surface area contributed by atoms with E-state index >= 15 is 0 Å². The highest BCUT2D eigenvalue weighted by molar-refractivity contribution is 6.14. The molecule has 3 rings (SSSR count). The minimum absolute atomic E-state index is 0.173. The van der Waals surface area contributed by atoms with Crippen LogP contribution in [0.4, 0.5) is 0 Å². The third kappa shape index (κ3) is 2.94. The fraction of sp³-hybridized carbons (Fsp3) is 0.111. The maximum Gasteiger partial charge on any atom is 0.255 e. The normalized spacial score (nSPS) is 14.5. The van der Waals surface area contributed by atoms with Crippen LogP contribution in [0.2, 0.25) is 0 Å². The second-order valence-corrected chi connectivity index (χ2v) is 5.17. The highest BCUT2D eigenvalue weighted by Gasteiger charge is 2.30. The Hall–Kier alpha value is -3.08. The number of rotatable bonds is 4. The maximum absolute atomic E-state index is 12.4. The molecule has 2 N–H and O–H groups in total. The molecule has 0 aromatic heterocycles. The van der Waals surface area contributed by atoms with Crippen LogP contribution in [0.5, 0.6) is 11.5 Å². The second kappa shape index (κ2) is 5.96. The monoisotopic (exact) mass is 309 g/mol. The zero-order valence-corrected chi connectivity index (χ0v) is 12.5. The number of primary amides is 1. The van der Waals surface area contributed by atoms with Crippen LogP contribution in [0.3, 0.4) is 0 Å². The van der Waals surface area contributed by atoms with Crippen molar-refractivity contribution in [2.45, 2.75) is 6.92 Å². The largest absolute Gasteiger partial charge is 0.483 e. The van der Waals surface area contributed by atoms with Crippen LogP contribution >= 0.6 is 0 Å². The smallest absolute Gasteiger partial charge is 0.255 e. The molecule has 23 heavy (non-hydrogen) atoms. The van der Waals surface area contributed by atoms with Crippen LogP contribution in [0, 0.1) is 6.92 Å². The van der Waals surface area contributed by atoms with Gasteiger partial charge in [0.2, 0.25) is 5.78 Å². The molecule has 0 unspecified atom stereocenters. The Kier molecular flexibility index (Phi) is 3.85. The summed E-state index contributed by atoms with van der Waals surface area (Å²) in [5.74, 6) is 0.455. The van der Waals surface area contributed by atoms with Gasteiger partial charge in [-0.2, -0.15) is 0 Å². The van der Waals surface area contributed by atoms with Crippen molar-refractivity contribution >= 4 is 17.8 Å². The van der Waals surface area contributed by atoms with Crippen LogP contribution in [-0.2, 0) is 4.79 Å². The van der Waals surface area contributed by atoms with Crippen LogP contribution in [-0.4, -0.2) is 18.3 Å². The molecular weight excluding hydrogens is 294 g/mol. The molecule has 0 atom stereocenters. The summed E-state index contributed by atoms with van der Waals surface area (Å²) in [4.78, 5) is 23.3. The van der Waals surface area contributed by atoms with Gasteiger partial charge in [0.15, 0.2) is 12.4 Å². The number of Topliss-reactive ketones (excluding diaryl/α,β-unsaturated/α-hetero) is 1. The van der Waals surface area contributed by atoms with Crippen LogP contribution in [0.1, 0.15) is 21.5 Å². The molecule has 1 aliphatic heterocycles. The standard InChI is InChI=1S/C18H15NO4/c1-11-14(22-10-16(19)20)8-7-13-17(21)15(23-18(11)13)9-12-5-3-2-4-6-12/h2-9H,10H2,1H3,(H2,19,20)/b15-9-. The van der Waals surface area contributed by atoms with E-state index in [4.69, 9.17) is 15.2 Å². The Balaban J connectivity index is 1.92. The molecule has 0 spiro atoms. The van der Waals surface area contributed by atoms with Gasteiger partial charge in [-0.15, -0.1) is 0 Å². The first-order valence-electron chi connectivity index (χ1n) is 7.10. The molecule has 0 aliphatic carbocycles. The lowest BCUT2D eigenvalue weighted by molar-refractivity contribution is -0.119. The number of nitrogens with two attached hydrogens (primary N) is 1. The quantitative estimate of drug-likeness (QED) is 0.880. The summed E-state index contributed by atoms with van der Waals surface area (Å²) in [6.45, 7) is 1.55. The molecule has 2 aromatic carbocycles. The number of carbonyl (C=O) groups excluding carboxylic acids is 2. The van der Waals surface area contributed by atoms with E-state index in [-0.39, 0.29) is 18.1 Å². The van der Waals surface area contributed by atoms with Crippen molar-refractivity contribution in [3.05, 3.63) is 64.9 Å². The number of allylic oxidation sites excluding steroid dienone is 1. The average Bonchev–Trinajstić information content (AvgIpc) is 2.85. The highest BCUT2D eigenvalue weighted by Crippen LogP contribution is 2.39. The zero-order valence-electron chi connectivity index (χ0n) is 12.5. The molecule has 5 nitrogen and oxygen atoms in total. The predicted molar refractivity (Wildman–Crippen MR) is 85.2 cm³/mol. The van der Waals surface area contributed by atoms with Crippen molar-refractivity contribution in [3.8, 4) is 11.5 Å². The third-order valence-corrected chi connectivity index (χ3v) is 3.50. The SMILES string of the molecule is Cc1c(OCC(N)=O)ccc2c1O/C(=C\c1ccccc1)C2=O. The maximum atomic E-state index is 12.4. The van der Waals surface area contributed by atoms with Crippen LogP contribution < -0.4 is 15.2 Å². The predicted octanol–water partition coefficient (Wildman–Crippen LogP) is 2.48. The van der Waals surface area contributed by atoms with Crippen LogP contribution in [0.25, 0.3) is 6.08 Å². The number of ether oxygens (including phenoxy) is 2. The van der Waals surface area contributed by atoms with Gasteiger partial charge >= 0.3 is 0 Å². The third-order valence-electron chi connectivity index (χ3n) is 3.50. The number of carbonyl (C=O) groups is 2. The summed E-state index contributed by atoms with van der Waals surface area (Å²) in [6.07, 6.45) is 1.70. The molecule has 116 valence electrons. The van der Waals surface area contributed by atoms with Crippen LogP contribution in [0.15, 0.2) is 48.2 Å². The molecular formula is C18H15NO4. The van der Waals surface area contributed by atoms with Gasteiger partial charge in [0.05, 0.1) is 5.56 Å². The van der Waals surface area contributed by atoms with Gasteiger partial charge in [-0.1, -0.05) is 30.3 Å². The number of benzene rings is 2. The highest BCUT2D eigenvalue weighted by atomic mass is 16.5. The molecule has 0 radical (unpaired) electrons. The molecule has 1 amide bonds. The molecule has 0 fully saturated rings. The lowest BCUT2D eigenvalue weighted by atomic mass is 10.1. The number of hydrogen-bond acceptors (Lipinski definition) is 4. The van der Waals surface area contributed by atoms with Gasteiger partial charge in [-0.3, -0.25) is 9.59 Å². The Morgan fingerprint density at radius 3 is 2.65 bits per heavy atom. The zero-order chi connectivity index (χ0) is 16.4. The number of ketones is 1. The molecule has 1 aliphatic rings. The molecule has 2 aromatic rings.